The topological polar surface area (TPSA) is 104 Å². The van der Waals surface area contributed by atoms with Crippen molar-refractivity contribution in [3.63, 3.8) is 0 Å². The maximum Gasteiger partial charge on any atom is 0.304 e. The molecule has 4 heterocycles. The fraction of sp³-hybridized carbons (Fsp3) is 0.511. The van der Waals surface area contributed by atoms with E-state index >= 15 is 4.79 Å². The molecule has 11 heteroatoms. The number of hydrogen-bond donors (Lipinski definition) is 1. The number of nitrogens with zero attached hydrogens (tertiary/aromatic N) is 4. The molecule has 2 unspecified atom stereocenters. The number of nitrogens with one attached hydrogen (secondary N) is 1. The van der Waals surface area contributed by atoms with Gasteiger partial charge in [-0.1, -0.05) is 55.7 Å². The first kappa shape index (κ1) is 37.4. The summed E-state index contributed by atoms with van der Waals surface area (Å²) in [7, 11) is -0.0103. The quantitative estimate of drug-likeness (QED) is 0.160. The molecule has 0 radical (unpaired) electrons. The fourth-order valence-corrected chi connectivity index (χ4v) is 11.5. The summed E-state index contributed by atoms with van der Waals surface area (Å²) in [6.45, 7) is 2.26. The molecule has 296 valence electrons. The van der Waals surface area contributed by atoms with Crippen LogP contribution in [0.4, 0.5) is 0 Å². The lowest BCUT2D eigenvalue weighted by atomic mass is 9.81. The predicted octanol–water partition coefficient (Wildman–Crippen LogP) is 7.48. The van der Waals surface area contributed by atoms with Crippen molar-refractivity contribution in [3.05, 3.63) is 89.5 Å². The monoisotopic (exact) mass is 777 g/mol. The van der Waals surface area contributed by atoms with Gasteiger partial charge < -0.3 is 14.2 Å². The van der Waals surface area contributed by atoms with E-state index in [0.717, 1.165) is 105 Å². The van der Waals surface area contributed by atoms with Gasteiger partial charge in [0.1, 0.15) is 5.75 Å². The number of benzene rings is 3. The van der Waals surface area contributed by atoms with Gasteiger partial charge in [0.05, 0.1) is 18.2 Å². The average molecular weight is 778 g/mol. The Morgan fingerprint density at radius 3 is 2.20 bits per heavy atom. The van der Waals surface area contributed by atoms with Gasteiger partial charge in [-0.2, -0.15) is 12.7 Å². The molecule has 2 aliphatic carbocycles. The molecule has 4 aromatic rings. The number of piperidine rings is 1. The highest BCUT2D eigenvalue weighted by Gasteiger charge is 2.57. The Kier molecular flexibility index (Phi) is 9.99. The first-order chi connectivity index (χ1) is 27.1. The van der Waals surface area contributed by atoms with Crippen molar-refractivity contribution < 1.29 is 22.7 Å². The Balaban J connectivity index is 1.08. The van der Waals surface area contributed by atoms with E-state index in [1.165, 1.54) is 21.9 Å². The van der Waals surface area contributed by atoms with Gasteiger partial charge in [0, 0.05) is 60.8 Å². The molecule has 3 aromatic carbocycles. The molecule has 56 heavy (non-hydrogen) atoms. The van der Waals surface area contributed by atoms with Crippen molar-refractivity contribution in [1.29, 1.82) is 0 Å². The summed E-state index contributed by atoms with van der Waals surface area (Å²) < 4.78 is 37.5. The van der Waals surface area contributed by atoms with Gasteiger partial charge in [-0.15, -0.1) is 0 Å². The molecule has 3 aliphatic heterocycles. The number of ether oxygens (including phenoxy) is 1. The molecule has 2 atom stereocenters. The Bertz CT molecular complexity index is 2190. The molecule has 2 saturated carbocycles. The van der Waals surface area contributed by atoms with Crippen LogP contribution in [0, 0.1) is 5.41 Å². The highest BCUT2D eigenvalue weighted by Crippen LogP contribution is 2.54. The third-order valence-corrected chi connectivity index (χ3v) is 15.2. The highest BCUT2D eigenvalue weighted by atomic mass is 32.2. The fourth-order valence-electron chi connectivity index (χ4n) is 10.3. The van der Waals surface area contributed by atoms with E-state index in [9.17, 15) is 13.2 Å². The number of hydrogen-bond acceptors (Lipinski definition) is 6. The van der Waals surface area contributed by atoms with Gasteiger partial charge >= 0.3 is 10.2 Å². The van der Waals surface area contributed by atoms with E-state index in [1.54, 1.807) is 13.2 Å². The van der Waals surface area contributed by atoms with Crippen LogP contribution in [0.25, 0.3) is 22.2 Å². The summed E-state index contributed by atoms with van der Waals surface area (Å²) in [5, 5.41) is 1.08. The Morgan fingerprint density at radius 2 is 1.57 bits per heavy atom. The lowest BCUT2D eigenvalue weighted by Gasteiger charge is -2.43. The first-order valence-corrected chi connectivity index (χ1v) is 22.3. The molecule has 9 rings (SSSR count). The van der Waals surface area contributed by atoms with Crippen LogP contribution in [0.3, 0.4) is 0 Å². The van der Waals surface area contributed by atoms with Crippen LogP contribution < -0.4 is 9.46 Å². The van der Waals surface area contributed by atoms with Gasteiger partial charge in [0.25, 0.3) is 5.91 Å². The SMILES string of the molecule is COc1ccc(-c2c(C3CCCCC3)c3ccc(C(=O)NS(=O)(=O)N4CCC4)cc3n2CC2(C(=O)N3C4CCC3CC(N(C)Cc3ccccc3)C4)CC2)cc1. The second kappa shape index (κ2) is 15.0. The summed E-state index contributed by atoms with van der Waals surface area (Å²) >= 11 is 0. The molecule has 10 nitrogen and oxygen atoms in total. The standard InChI is InChI=1S/C45H55N5O5S/c1-47(29-31-10-5-3-6-11-31)37-27-35-17-18-36(28-37)50(35)44(52)45(22-23-45)30-49-40-26-34(43(51)46-56(53,54)48-24-9-25-48)16-21-39(40)41(32-12-7-4-8-13-32)42(49)33-14-19-38(55-2)20-15-33/h3,5-6,10-11,14-16,19-21,26,32,35-37H,4,7-9,12-13,17-18,22-25,27-30H2,1-2H3,(H,46,51). The number of rotatable bonds is 12. The Labute approximate surface area is 331 Å². The zero-order chi connectivity index (χ0) is 38.6. The van der Waals surface area contributed by atoms with Crippen molar-refractivity contribution in [2.45, 2.75) is 114 Å². The Morgan fingerprint density at radius 1 is 0.875 bits per heavy atom. The van der Waals surface area contributed by atoms with E-state index < -0.39 is 21.5 Å². The van der Waals surface area contributed by atoms with Crippen molar-refractivity contribution >= 4 is 32.9 Å². The number of carbonyl (C=O) groups excluding carboxylic acids is 2. The minimum absolute atomic E-state index is 0.242. The average Bonchev–Trinajstić information content (AvgIpc) is 3.84. The summed E-state index contributed by atoms with van der Waals surface area (Å²) in [6, 6.07) is 25.4. The summed E-state index contributed by atoms with van der Waals surface area (Å²) in [6.07, 6.45) is 12.3. The van der Waals surface area contributed by atoms with Gasteiger partial charge in [0.2, 0.25) is 5.91 Å². The minimum Gasteiger partial charge on any atom is -0.497 e. The normalized spacial score (nSPS) is 23.6. The number of fused-ring (bicyclic) bond motifs is 3. The second-order valence-corrected chi connectivity index (χ2v) is 18.9. The van der Waals surface area contributed by atoms with Crippen molar-refractivity contribution in [1.82, 2.24) is 23.4 Å². The number of amides is 2. The number of carbonyl (C=O) groups is 2. The molecule has 0 spiro atoms. The molecule has 5 aliphatic rings. The molecule has 2 amide bonds. The third kappa shape index (κ3) is 6.94. The Hall–Kier alpha value is -4.19. The minimum atomic E-state index is -3.91. The van der Waals surface area contributed by atoms with Gasteiger partial charge in [-0.3, -0.25) is 14.5 Å². The smallest absolute Gasteiger partial charge is 0.304 e. The van der Waals surface area contributed by atoms with E-state index in [1.807, 2.05) is 24.3 Å². The van der Waals surface area contributed by atoms with Crippen LogP contribution in [0.1, 0.15) is 104 Å². The van der Waals surface area contributed by atoms with Gasteiger partial charge in [0.15, 0.2) is 0 Å². The largest absolute Gasteiger partial charge is 0.497 e. The van der Waals surface area contributed by atoms with Crippen LogP contribution >= 0.6 is 0 Å². The van der Waals surface area contributed by atoms with E-state index in [4.69, 9.17) is 4.74 Å². The first-order valence-electron chi connectivity index (χ1n) is 20.8. The van der Waals surface area contributed by atoms with Crippen LogP contribution in [0.5, 0.6) is 5.75 Å². The summed E-state index contributed by atoms with van der Waals surface area (Å²) in [5.74, 6) is 0.765. The zero-order valence-electron chi connectivity index (χ0n) is 32.8. The maximum absolute atomic E-state index is 15.1. The number of methoxy groups -OCH3 is 1. The molecular weight excluding hydrogens is 723 g/mol. The predicted molar refractivity (Wildman–Crippen MR) is 219 cm³/mol. The second-order valence-electron chi connectivity index (χ2n) is 17.2. The van der Waals surface area contributed by atoms with Crippen LogP contribution in [-0.4, -0.2) is 84.3 Å². The lowest BCUT2D eigenvalue weighted by molar-refractivity contribution is -0.143. The molecule has 3 saturated heterocycles. The number of aromatic nitrogens is 1. The molecular formula is C45H55N5O5S. The van der Waals surface area contributed by atoms with E-state index in [2.05, 4.69) is 68.6 Å². The highest BCUT2D eigenvalue weighted by molar-refractivity contribution is 7.87. The van der Waals surface area contributed by atoms with E-state index in [0.29, 0.717) is 37.2 Å². The molecule has 1 N–H and O–H groups in total. The molecule has 2 bridgehead atoms. The summed E-state index contributed by atoms with van der Waals surface area (Å²) in [4.78, 5) is 33.5. The van der Waals surface area contributed by atoms with E-state index in [-0.39, 0.29) is 18.0 Å². The van der Waals surface area contributed by atoms with Gasteiger partial charge in [-0.25, -0.2) is 4.72 Å². The van der Waals surface area contributed by atoms with Crippen LogP contribution in [-0.2, 0) is 28.1 Å². The van der Waals surface area contributed by atoms with Crippen LogP contribution in [0.2, 0.25) is 0 Å². The zero-order valence-corrected chi connectivity index (χ0v) is 33.6. The lowest BCUT2D eigenvalue weighted by Crippen LogP contribution is -2.54. The van der Waals surface area contributed by atoms with Crippen LogP contribution in [0.15, 0.2) is 72.8 Å². The van der Waals surface area contributed by atoms with Crippen molar-refractivity contribution in [2.75, 3.05) is 27.2 Å². The summed E-state index contributed by atoms with van der Waals surface area (Å²) in [5.41, 5.74) is 5.40. The van der Waals surface area contributed by atoms with Crippen molar-refractivity contribution in [2.24, 2.45) is 5.41 Å². The van der Waals surface area contributed by atoms with Crippen molar-refractivity contribution in [3.8, 4) is 17.0 Å². The van der Waals surface area contributed by atoms with Gasteiger partial charge in [-0.05, 0) is 124 Å². The maximum atomic E-state index is 15.1. The molecule has 1 aromatic heterocycles. The molecule has 5 fully saturated rings. The third-order valence-electron chi connectivity index (χ3n) is 13.7.